The molecular weight excluding hydrogens is 252 g/mol. The maximum absolute atomic E-state index is 11.6. The van der Waals surface area contributed by atoms with Gasteiger partial charge in [0.15, 0.2) is 0 Å². The predicted octanol–water partition coefficient (Wildman–Crippen LogP) is 2.69. The van der Waals surface area contributed by atoms with Gasteiger partial charge in [-0.05, 0) is 30.5 Å². The average Bonchev–Trinajstić information content (AvgIpc) is 2.37. The lowest BCUT2D eigenvalue weighted by molar-refractivity contribution is 0.305. The van der Waals surface area contributed by atoms with E-state index in [0.717, 1.165) is 41.0 Å². The highest BCUT2D eigenvalue weighted by molar-refractivity contribution is 5.88. The second-order valence-electron chi connectivity index (χ2n) is 5.87. The van der Waals surface area contributed by atoms with Crippen molar-refractivity contribution in [1.82, 2.24) is 4.98 Å². The van der Waals surface area contributed by atoms with Gasteiger partial charge in [0.25, 0.3) is 0 Å². The van der Waals surface area contributed by atoms with Crippen LogP contribution < -0.4 is 15.2 Å². The fraction of sp³-hybridized carbons (Fsp3) is 0.438. The number of hydrogen-bond acceptors (Lipinski definition) is 3. The van der Waals surface area contributed by atoms with E-state index in [0.29, 0.717) is 12.5 Å². The van der Waals surface area contributed by atoms with Crippen LogP contribution in [0, 0.1) is 12.8 Å². The lowest BCUT2D eigenvalue weighted by Crippen LogP contribution is -2.35. The molecule has 1 aliphatic heterocycles. The highest BCUT2D eigenvalue weighted by Crippen LogP contribution is 2.35. The number of aromatic nitrogens is 1. The highest BCUT2D eigenvalue weighted by Gasteiger charge is 2.20. The molecule has 1 aromatic heterocycles. The lowest BCUT2D eigenvalue weighted by atomic mass is 10.1. The molecule has 4 heteroatoms. The summed E-state index contributed by atoms with van der Waals surface area (Å²) in [7, 11) is 0. The van der Waals surface area contributed by atoms with E-state index in [4.69, 9.17) is 4.74 Å². The number of anilines is 1. The van der Waals surface area contributed by atoms with Crippen molar-refractivity contribution in [3.63, 3.8) is 0 Å². The Balaban J connectivity index is 2.16. The van der Waals surface area contributed by atoms with E-state index < -0.39 is 0 Å². The van der Waals surface area contributed by atoms with E-state index in [9.17, 15) is 4.79 Å². The largest absolute Gasteiger partial charge is 0.490 e. The van der Waals surface area contributed by atoms with Crippen molar-refractivity contribution in [3.05, 3.63) is 34.1 Å². The van der Waals surface area contributed by atoms with Gasteiger partial charge in [-0.1, -0.05) is 13.8 Å². The molecule has 1 aromatic carbocycles. The van der Waals surface area contributed by atoms with Gasteiger partial charge in [0, 0.05) is 18.0 Å². The van der Waals surface area contributed by atoms with Crippen LogP contribution in [0.3, 0.4) is 0 Å². The Bertz CT molecular complexity index is 703. The summed E-state index contributed by atoms with van der Waals surface area (Å²) in [5.41, 5.74) is 2.89. The third-order valence-electron chi connectivity index (χ3n) is 3.67. The van der Waals surface area contributed by atoms with Crippen LogP contribution in [0.1, 0.15) is 19.4 Å². The van der Waals surface area contributed by atoms with Gasteiger partial charge in [0.2, 0.25) is 5.56 Å². The minimum atomic E-state index is -0.0536. The molecule has 0 spiro atoms. The fourth-order valence-electron chi connectivity index (χ4n) is 2.82. The van der Waals surface area contributed by atoms with Crippen molar-refractivity contribution in [1.29, 1.82) is 0 Å². The zero-order valence-electron chi connectivity index (χ0n) is 12.2. The maximum Gasteiger partial charge on any atom is 0.248 e. The van der Waals surface area contributed by atoms with Crippen LogP contribution in [-0.2, 0) is 0 Å². The van der Waals surface area contributed by atoms with Crippen LogP contribution in [-0.4, -0.2) is 24.7 Å². The Labute approximate surface area is 118 Å². The molecule has 1 N–H and O–H groups in total. The standard InChI is InChI=1S/C16H20N2O2/c1-10(2)9-18-4-5-20-15-7-12-11(3)6-16(19)17-13(12)8-14(15)18/h6-8,10H,4-5,9H2,1-3H3,(H,17,19). The number of aryl methyl sites for hydroxylation is 1. The molecule has 0 bridgehead atoms. The second-order valence-corrected chi connectivity index (χ2v) is 5.87. The summed E-state index contributed by atoms with van der Waals surface area (Å²) in [6, 6.07) is 5.71. The van der Waals surface area contributed by atoms with Gasteiger partial charge in [0.1, 0.15) is 12.4 Å². The first-order valence-corrected chi connectivity index (χ1v) is 7.10. The molecule has 20 heavy (non-hydrogen) atoms. The molecule has 0 radical (unpaired) electrons. The topological polar surface area (TPSA) is 45.3 Å². The van der Waals surface area contributed by atoms with Crippen LogP contribution in [0.2, 0.25) is 0 Å². The van der Waals surface area contributed by atoms with E-state index in [1.165, 1.54) is 0 Å². The van der Waals surface area contributed by atoms with E-state index in [1.807, 2.05) is 19.1 Å². The van der Waals surface area contributed by atoms with E-state index >= 15 is 0 Å². The molecule has 0 atom stereocenters. The summed E-state index contributed by atoms with van der Waals surface area (Å²) < 4.78 is 5.79. The number of hydrogen-bond donors (Lipinski definition) is 1. The molecule has 0 aliphatic carbocycles. The van der Waals surface area contributed by atoms with Crippen molar-refractivity contribution in [2.45, 2.75) is 20.8 Å². The summed E-state index contributed by atoms with van der Waals surface area (Å²) in [6.45, 7) is 8.99. The van der Waals surface area contributed by atoms with E-state index in [-0.39, 0.29) is 5.56 Å². The summed E-state index contributed by atoms with van der Waals surface area (Å²) >= 11 is 0. The Morgan fingerprint density at radius 3 is 2.90 bits per heavy atom. The molecule has 0 saturated heterocycles. The Morgan fingerprint density at radius 1 is 1.35 bits per heavy atom. The number of fused-ring (bicyclic) bond motifs is 2. The van der Waals surface area contributed by atoms with E-state index in [2.05, 4.69) is 23.7 Å². The van der Waals surface area contributed by atoms with Crippen LogP contribution in [0.15, 0.2) is 23.0 Å². The predicted molar refractivity (Wildman–Crippen MR) is 81.9 cm³/mol. The van der Waals surface area contributed by atoms with Gasteiger partial charge < -0.3 is 14.6 Å². The third-order valence-corrected chi connectivity index (χ3v) is 3.67. The second kappa shape index (κ2) is 4.85. The number of nitrogens with zero attached hydrogens (tertiary/aromatic N) is 1. The Kier molecular flexibility index (Phi) is 3.16. The number of benzene rings is 1. The number of nitrogens with one attached hydrogen (secondary N) is 1. The van der Waals surface area contributed by atoms with Crippen molar-refractivity contribution in [3.8, 4) is 5.75 Å². The van der Waals surface area contributed by atoms with Gasteiger partial charge in [0.05, 0.1) is 17.7 Å². The zero-order valence-corrected chi connectivity index (χ0v) is 12.2. The maximum atomic E-state index is 11.6. The molecule has 2 heterocycles. The molecule has 0 saturated carbocycles. The normalized spacial score (nSPS) is 14.5. The van der Waals surface area contributed by atoms with Gasteiger partial charge in [-0.3, -0.25) is 4.79 Å². The van der Waals surface area contributed by atoms with Crippen molar-refractivity contribution in [2.24, 2.45) is 5.92 Å². The molecule has 0 amide bonds. The average molecular weight is 272 g/mol. The summed E-state index contributed by atoms with van der Waals surface area (Å²) in [6.07, 6.45) is 0. The Hall–Kier alpha value is -1.97. The molecule has 3 rings (SSSR count). The highest BCUT2D eigenvalue weighted by atomic mass is 16.5. The van der Waals surface area contributed by atoms with Crippen LogP contribution in [0.4, 0.5) is 5.69 Å². The molecule has 0 unspecified atom stereocenters. The number of rotatable bonds is 2. The lowest BCUT2D eigenvalue weighted by Gasteiger charge is -2.32. The summed E-state index contributed by atoms with van der Waals surface area (Å²) in [4.78, 5) is 16.9. The van der Waals surface area contributed by atoms with Crippen LogP contribution in [0.25, 0.3) is 10.9 Å². The summed E-state index contributed by atoms with van der Waals surface area (Å²) in [5.74, 6) is 1.51. The van der Waals surface area contributed by atoms with Gasteiger partial charge in [-0.2, -0.15) is 0 Å². The number of pyridine rings is 1. The zero-order chi connectivity index (χ0) is 14.3. The number of ether oxygens (including phenoxy) is 1. The third kappa shape index (κ3) is 2.26. The first-order chi connectivity index (χ1) is 9.54. The molecule has 4 nitrogen and oxygen atoms in total. The molecular formula is C16H20N2O2. The van der Waals surface area contributed by atoms with Crippen molar-refractivity contribution >= 4 is 16.6 Å². The van der Waals surface area contributed by atoms with Gasteiger partial charge in [-0.15, -0.1) is 0 Å². The minimum absolute atomic E-state index is 0.0536. The van der Waals surface area contributed by atoms with Crippen LogP contribution in [0.5, 0.6) is 5.75 Å². The van der Waals surface area contributed by atoms with Gasteiger partial charge >= 0.3 is 0 Å². The molecule has 2 aromatic rings. The number of H-pyrrole nitrogens is 1. The van der Waals surface area contributed by atoms with Crippen LogP contribution >= 0.6 is 0 Å². The first-order valence-electron chi connectivity index (χ1n) is 7.10. The van der Waals surface area contributed by atoms with Crippen molar-refractivity contribution in [2.75, 3.05) is 24.6 Å². The van der Waals surface area contributed by atoms with Gasteiger partial charge in [-0.25, -0.2) is 0 Å². The molecule has 1 aliphatic rings. The number of aromatic amines is 1. The molecule has 0 fully saturated rings. The smallest absolute Gasteiger partial charge is 0.248 e. The first kappa shape index (κ1) is 13.0. The quantitative estimate of drug-likeness (QED) is 0.914. The molecule has 106 valence electrons. The summed E-state index contributed by atoms with van der Waals surface area (Å²) in [5, 5.41) is 1.05. The Morgan fingerprint density at radius 2 is 2.15 bits per heavy atom. The SMILES string of the molecule is Cc1cc(=O)[nH]c2cc3c(cc12)OCCN3CC(C)C. The van der Waals surface area contributed by atoms with E-state index in [1.54, 1.807) is 6.07 Å². The van der Waals surface area contributed by atoms with Crippen molar-refractivity contribution < 1.29 is 4.74 Å². The minimum Gasteiger partial charge on any atom is -0.490 e. The monoisotopic (exact) mass is 272 g/mol. The fourth-order valence-corrected chi connectivity index (χ4v) is 2.82.